The Balaban J connectivity index is 1.10. The van der Waals surface area contributed by atoms with Gasteiger partial charge in [0.15, 0.2) is 0 Å². The third-order valence-corrected chi connectivity index (χ3v) is 11.5. The predicted octanol–water partition coefficient (Wildman–Crippen LogP) is 15.6. The van der Waals surface area contributed by atoms with Crippen molar-refractivity contribution in [3.05, 3.63) is 231 Å². The molecule has 0 spiro atoms. The van der Waals surface area contributed by atoms with Crippen molar-refractivity contribution in [2.75, 3.05) is 4.90 Å². The lowest BCUT2D eigenvalue weighted by molar-refractivity contribution is 1.18. The van der Waals surface area contributed by atoms with Crippen LogP contribution in [-0.2, 0) is 0 Å². The quantitative estimate of drug-likeness (QED) is 0.158. The maximum absolute atomic E-state index is 2.42. The first-order chi connectivity index (χ1) is 28.8. The van der Waals surface area contributed by atoms with Crippen molar-refractivity contribution in [2.45, 2.75) is 0 Å². The molecule has 11 aromatic rings. The number of aromatic nitrogens is 1. The van der Waals surface area contributed by atoms with Gasteiger partial charge < -0.3 is 9.47 Å². The van der Waals surface area contributed by atoms with E-state index >= 15 is 0 Å². The molecule has 11 rings (SSSR count). The highest BCUT2D eigenvalue weighted by Crippen LogP contribution is 2.43. The van der Waals surface area contributed by atoms with E-state index in [4.69, 9.17) is 0 Å². The number of nitrogens with zero attached hydrogens (tertiary/aromatic N) is 2. The molecule has 2 heteroatoms. The zero-order valence-electron chi connectivity index (χ0n) is 31.8. The fourth-order valence-electron chi connectivity index (χ4n) is 8.83. The standard InChI is InChI=1S/C56H38N2/c1-3-15-39(16-4-1)42-21-11-25-48(35-42)57(47-33-31-41(32-34-47)51-28-13-20-40-17-9-10-27-50(40)51)49-26-12-22-45(36-49)52-29-14-30-54-56(52)53-37-43-18-7-8-19-44(43)38-55(53)58(54)46-23-5-2-6-24-46/h1-38H. The Morgan fingerprint density at radius 1 is 0.293 bits per heavy atom. The largest absolute Gasteiger partial charge is 0.310 e. The van der Waals surface area contributed by atoms with Crippen molar-refractivity contribution >= 4 is 60.4 Å². The molecule has 1 heterocycles. The summed E-state index contributed by atoms with van der Waals surface area (Å²) in [6, 6.07) is 83.7. The van der Waals surface area contributed by atoms with Gasteiger partial charge in [0, 0.05) is 33.5 Å². The van der Waals surface area contributed by atoms with Crippen molar-refractivity contribution in [3.8, 4) is 39.1 Å². The number of para-hydroxylation sites is 1. The van der Waals surface area contributed by atoms with Gasteiger partial charge >= 0.3 is 0 Å². The summed E-state index contributed by atoms with van der Waals surface area (Å²) in [5.74, 6) is 0. The maximum Gasteiger partial charge on any atom is 0.0547 e. The molecule has 0 unspecified atom stereocenters. The molecule has 0 N–H and O–H groups in total. The molecule has 0 aliphatic rings. The molecule has 0 saturated heterocycles. The number of fused-ring (bicyclic) bond motifs is 5. The Kier molecular flexibility index (Phi) is 8.19. The lowest BCUT2D eigenvalue weighted by atomic mass is 9.97. The minimum atomic E-state index is 1.09. The minimum Gasteiger partial charge on any atom is -0.310 e. The van der Waals surface area contributed by atoms with Crippen molar-refractivity contribution < 1.29 is 0 Å². The molecular formula is C56H38N2. The zero-order chi connectivity index (χ0) is 38.4. The van der Waals surface area contributed by atoms with Gasteiger partial charge in [-0.05, 0) is 122 Å². The van der Waals surface area contributed by atoms with E-state index in [1.54, 1.807) is 0 Å². The molecule has 272 valence electrons. The summed E-state index contributed by atoms with van der Waals surface area (Å²) in [5.41, 5.74) is 14.0. The van der Waals surface area contributed by atoms with Crippen LogP contribution in [0.25, 0.3) is 82.4 Å². The SMILES string of the molecule is c1ccc(-c2cccc(N(c3ccc(-c4cccc5ccccc45)cc3)c3cccc(-c4cccc5c4c4cc6ccccc6cc4n5-c4ccccc4)c3)c2)cc1. The Hall–Kier alpha value is -7.68. The average Bonchev–Trinajstić information content (AvgIpc) is 3.62. The summed E-state index contributed by atoms with van der Waals surface area (Å²) in [4.78, 5) is 2.39. The van der Waals surface area contributed by atoms with Gasteiger partial charge in [0.1, 0.15) is 0 Å². The van der Waals surface area contributed by atoms with Crippen LogP contribution in [0.3, 0.4) is 0 Å². The zero-order valence-corrected chi connectivity index (χ0v) is 31.8. The van der Waals surface area contributed by atoms with Crippen LogP contribution in [0.5, 0.6) is 0 Å². The molecule has 0 bridgehead atoms. The van der Waals surface area contributed by atoms with Gasteiger partial charge in [0.05, 0.1) is 11.0 Å². The molecule has 0 radical (unpaired) electrons. The summed E-state index contributed by atoms with van der Waals surface area (Å²) in [5, 5.41) is 7.47. The van der Waals surface area contributed by atoms with Gasteiger partial charge in [-0.1, -0.05) is 164 Å². The highest BCUT2D eigenvalue weighted by atomic mass is 15.1. The van der Waals surface area contributed by atoms with Crippen molar-refractivity contribution in [3.63, 3.8) is 0 Å². The Morgan fingerprint density at radius 2 is 0.862 bits per heavy atom. The van der Waals surface area contributed by atoms with Gasteiger partial charge in [0.25, 0.3) is 0 Å². The average molecular weight is 739 g/mol. The van der Waals surface area contributed by atoms with E-state index in [1.807, 2.05) is 0 Å². The van der Waals surface area contributed by atoms with Crippen LogP contribution in [0.2, 0.25) is 0 Å². The molecule has 1 aromatic heterocycles. The summed E-state index contributed by atoms with van der Waals surface area (Å²) < 4.78 is 2.42. The van der Waals surface area contributed by atoms with Crippen LogP contribution in [0.4, 0.5) is 17.1 Å². The van der Waals surface area contributed by atoms with Crippen LogP contribution in [-0.4, -0.2) is 4.57 Å². The minimum absolute atomic E-state index is 1.09. The second kappa shape index (κ2) is 14.1. The van der Waals surface area contributed by atoms with Crippen molar-refractivity contribution in [1.29, 1.82) is 0 Å². The van der Waals surface area contributed by atoms with Crippen LogP contribution in [0.1, 0.15) is 0 Å². The molecule has 0 aliphatic carbocycles. The number of anilines is 3. The lowest BCUT2D eigenvalue weighted by Gasteiger charge is -2.27. The van der Waals surface area contributed by atoms with Gasteiger partial charge in [-0.15, -0.1) is 0 Å². The molecule has 0 fully saturated rings. The topological polar surface area (TPSA) is 8.17 Å². The number of benzene rings is 10. The lowest BCUT2D eigenvalue weighted by Crippen LogP contribution is -2.10. The molecule has 58 heavy (non-hydrogen) atoms. The monoisotopic (exact) mass is 738 g/mol. The summed E-state index contributed by atoms with van der Waals surface area (Å²) in [6.45, 7) is 0. The third kappa shape index (κ3) is 5.82. The van der Waals surface area contributed by atoms with E-state index in [0.717, 1.165) is 22.7 Å². The van der Waals surface area contributed by atoms with E-state index in [-0.39, 0.29) is 0 Å². The first kappa shape index (κ1) is 33.6. The Labute approximate surface area is 338 Å². The normalized spacial score (nSPS) is 11.4. The highest BCUT2D eigenvalue weighted by molar-refractivity contribution is 6.18. The Morgan fingerprint density at radius 3 is 1.64 bits per heavy atom. The van der Waals surface area contributed by atoms with E-state index in [0.29, 0.717) is 0 Å². The van der Waals surface area contributed by atoms with E-state index in [1.165, 1.54) is 76.7 Å². The summed E-state index contributed by atoms with van der Waals surface area (Å²) in [7, 11) is 0. The van der Waals surface area contributed by atoms with Crippen molar-refractivity contribution in [2.24, 2.45) is 0 Å². The second-order valence-electron chi connectivity index (χ2n) is 15.0. The number of hydrogen-bond donors (Lipinski definition) is 0. The molecule has 10 aromatic carbocycles. The number of hydrogen-bond acceptors (Lipinski definition) is 1. The van der Waals surface area contributed by atoms with E-state index < -0.39 is 0 Å². The molecule has 0 aliphatic heterocycles. The first-order valence-corrected chi connectivity index (χ1v) is 19.9. The highest BCUT2D eigenvalue weighted by Gasteiger charge is 2.19. The van der Waals surface area contributed by atoms with Gasteiger partial charge in [0.2, 0.25) is 0 Å². The predicted molar refractivity (Wildman–Crippen MR) is 247 cm³/mol. The van der Waals surface area contributed by atoms with Crippen LogP contribution >= 0.6 is 0 Å². The van der Waals surface area contributed by atoms with Crippen molar-refractivity contribution in [1.82, 2.24) is 4.57 Å². The van der Waals surface area contributed by atoms with Gasteiger partial charge in [-0.2, -0.15) is 0 Å². The molecular weight excluding hydrogens is 701 g/mol. The second-order valence-corrected chi connectivity index (χ2v) is 15.0. The smallest absolute Gasteiger partial charge is 0.0547 e. The molecule has 0 saturated carbocycles. The third-order valence-electron chi connectivity index (χ3n) is 11.5. The fourth-order valence-corrected chi connectivity index (χ4v) is 8.83. The maximum atomic E-state index is 2.42. The summed E-state index contributed by atoms with van der Waals surface area (Å²) >= 11 is 0. The van der Waals surface area contributed by atoms with E-state index in [9.17, 15) is 0 Å². The summed E-state index contributed by atoms with van der Waals surface area (Å²) in [6.07, 6.45) is 0. The first-order valence-electron chi connectivity index (χ1n) is 19.9. The molecule has 0 amide bonds. The van der Waals surface area contributed by atoms with Crippen LogP contribution in [0, 0.1) is 0 Å². The van der Waals surface area contributed by atoms with Gasteiger partial charge in [-0.25, -0.2) is 0 Å². The Bertz CT molecular complexity index is 3260. The fraction of sp³-hybridized carbons (Fsp3) is 0. The van der Waals surface area contributed by atoms with E-state index in [2.05, 4.69) is 240 Å². The van der Waals surface area contributed by atoms with Crippen LogP contribution < -0.4 is 4.90 Å². The molecule has 2 nitrogen and oxygen atoms in total. The number of rotatable bonds is 7. The van der Waals surface area contributed by atoms with Crippen LogP contribution in [0.15, 0.2) is 231 Å². The van der Waals surface area contributed by atoms with Gasteiger partial charge in [-0.3, -0.25) is 0 Å². The molecule has 0 atom stereocenters.